The van der Waals surface area contributed by atoms with Gasteiger partial charge in [-0.3, -0.25) is 9.69 Å². The van der Waals surface area contributed by atoms with Crippen LogP contribution in [0.5, 0.6) is 0 Å². The number of aliphatic hydroxyl groups is 1. The Bertz CT molecular complexity index is 328. The van der Waals surface area contributed by atoms with Gasteiger partial charge in [0.1, 0.15) is 0 Å². The van der Waals surface area contributed by atoms with E-state index in [1.54, 1.807) is 0 Å². The zero-order chi connectivity index (χ0) is 13.2. The molecule has 1 amide bonds. The lowest BCUT2D eigenvalue weighted by Crippen LogP contribution is -2.45. The van der Waals surface area contributed by atoms with Gasteiger partial charge in [-0.25, -0.2) is 0 Å². The van der Waals surface area contributed by atoms with Gasteiger partial charge in [-0.1, -0.05) is 6.42 Å². The van der Waals surface area contributed by atoms with Crippen molar-refractivity contribution in [1.82, 2.24) is 9.80 Å². The Labute approximate surface area is 115 Å². The summed E-state index contributed by atoms with van der Waals surface area (Å²) in [7, 11) is 0. The second-order valence-electron chi connectivity index (χ2n) is 6.43. The van der Waals surface area contributed by atoms with Crippen LogP contribution in [0.1, 0.15) is 44.9 Å². The SMILES string of the molecule is O=C(CN1CCCC1C1CCCC1O)N1CCCC1. The molecule has 3 fully saturated rings. The number of rotatable bonds is 3. The van der Waals surface area contributed by atoms with Gasteiger partial charge in [-0.2, -0.15) is 0 Å². The minimum Gasteiger partial charge on any atom is -0.393 e. The molecular formula is C15H26N2O2. The van der Waals surface area contributed by atoms with Crippen molar-refractivity contribution in [1.29, 1.82) is 0 Å². The average Bonchev–Trinajstić information content (AvgIpc) is 3.09. The first-order chi connectivity index (χ1) is 9.25. The van der Waals surface area contributed by atoms with E-state index in [1.165, 1.54) is 6.42 Å². The van der Waals surface area contributed by atoms with E-state index in [0.29, 0.717) is 24.4 Å². The third-order valence-corrected chi connectivity index (χ3v) is 5.24. The summed E-state index contributed by atoms with van der Waals surface area (Å²) in [6, 6.07) is 0.448. The van der Waals surface area contributed by atoms with Crippen LogP contribution >= 0.6 is 0 Å². The summed E-state index contributed by atoms with van der Waals surface area (Å²) in [5.74, 6) is 0.714. The monoisotopic (exact) mass is 266 g/mol. The number of hydrogen-bond donors (Lipinski definition) is 1. The molecule has 0 radical (unpaired) electrons. The number of aliphatic hydroxyl groups excluding tert-OH is 1. The summed E-state index contributed by atoms with van der Waals surface area (Å²) in [6.07, 6.45) is 7.78. The lowest BCUT2D eigenvalue weighted by atomic mass is 9.94. The van der Waals surface area contributed by atoms with E-state index in [-0.39, 0.29) is 6.10 Å². The molecule has 19 heavy (non-hydrogen) atoms. The number of nitrogens with zero attached hydrogens (tertiary/aromatic N) is 2. The van der Waals surface area contributed by atoms with Crippen molar-refractivity contribution in [3.63, 3.8) is 0 Å². The lowest BCUT2D eigenvalue weighted by Gasteiger charge is -2.31. The Morgan fingerprint density at radius 3 is 2.47 bits per heavy atom. The minimum absolute atomic E-state index is 0.132. The van der Waals surface area contributed by atoms with Crippen molar-refractivity contribution in [3.8, 4) is 0 Å². The second kappa shape index (κ2) is 5.80. The first-order valence-corrected chi connectivity index (χ1v) is 7.95. The molecule has 1 N–H and O–H groups in total. The first kappa shape index (κ1) is 13.4. The quantitative estimate of drug-likeness (QED) is 0.835. The van der Waals surface area contributed by atoms with E-state index in [9.17, 15) is 9.90 Å². The van der Waals surface area contributed by atoms with Gasteiger partial charge in [0.05, 0.1) is 12.6 Å². The van der Waals surface area contributed by atoms with Crippen LogP contribution in [0.15, 0.2) is 0 Å². The van der Waals surface area contributed by atoms with Gasteiger partial charge in [0.15, 0.2) is 0 Å². The molecule has 2 saturated heterocycles. The maximum Gasteiger partial charge on any atom is 0.236 e. The highest BCUT2D eigenvalue weighted by Gasteiger charge is 2.39. The summed E-state index contributed by atoms with van der Waals surface area (Å²) in [6.45, 7) is 3.51. The molecule has 0 spiro atoms. The van der Waals surface area contributed by atoms with Crippen LogP contribution in [0.4, 0.5) is 0 Å². The van der Waals surface area contributed by atoms with E-state index in [2.05, 4.69) is 4.90 Å². The Hall–Kier alpha value is -0.610. The van der Waals surface area contributed by atoms with Crippen LogP contribution in [0.25, 0.3) is 0 Å². The van der Waals surface area contributed by atoms with Crippen molar-refractivity contribution in [2.24, 2.45) is 5.92 Å². The number of carbonyl (C=O) groups excluding carboxylic acids is 1. The van der Waals surface area contributed by atoms with Crippen molar-refractivity contribution in [2.45, 2.75) is 57.1 Å². The van der Waals surface area contributed by atoms with Gasteiger partial charge >= 0.3 is 0 Å². The van der Waals surface area contributed by atoms with Crippen molar-refractivity contribution < 1.29 is 9.90 Å². The third kappa shape index (κ3) is 2.79. The van der Waals surface area contributed by atoms with Gasteiger partial charge in [-0.15, -0.1) is 0 Å². The van der Waals surface area contributed by atoms with Crippen LogP contribution in [0, 0.1) is 5.92 Å². The lowest BCUT2D eigenvalue weighted by molar-refractivity contribution is -0.132. The summed E-state index contributed by atoms with van der Waals surface area (Å²) < 4.78 is 0. The summed E-state index contributed by atoms with van der Waals surface area (Å²) >= 11 is 0. The Morgan fingerprint density at radius 2 is 1.79 bits per heavy atom. The maximum absolute atomic E-state index is 12.3. The molecule has 4 nitrogen and oxygen atoms in total. The molecule has 3 rings (SSSR count). The molecule has 3 atom stereocenters. The zero-order valence-electron chi connectivity index (χ0n) is 11.8. The number of likely N-dealkylation sites (tertiary alicyclic amines) is 2. The highest BCUT2D eigenvalue weighted by Crippen LogP contribution is 2.35. The zero-order valence-corrected chi connectivity index (χ0v) is 11.8. The van der Waals surface area contributed by atoms with E-state index >= 15 is 0 Å². The summed E-state index contributed by atoms with van der Waals surface area (Å²) in [5, 5.41) is 10.1. The fourth-order valence-electron chi connectivity index (χ4n) is 4.19. The highest BCUT2D eigenvalue weighted by atomic mass is 16.3. The Kier molecular flexibility index (Phi) is 4.08. The maximum atomic E-state index is 12.3. The molecule has 0 aromatic carbocycles. The van der Waals surface area contributed by atoms with E-state index < -0.39 is 0 Å². The number of amides is 1. The fraction of sp³-hybridized carbons (Fsp3) is 0.933. The molecule has 0 aromatic heterocycles. The molecular weight excluding hydrogens is 240 g/mol. The average molecular weight is 266 g/mol. The van der Waals surface area contributed by atoms with E-state index in [4.69, 9.17) is 0 Å². The summed E-state index contributed by atoms with van der Waals surface area (Å²) in [4.78, 5) is 16.6. The van der Waals surface area contributed by atoms with Crippen LogP contribution in [-0.2, 0) is 4.79 Å². The molecule has 2 heterocycles. The molecule has 1 saturated carbocycles. The van der Waals surface area contributed by atoms with Crippen LogP contribution in [-0.4, -0.2) is 59.1 Å². The van der Waals surface area contributed by atoms with Crippen molar-refractivity contribution in [3.05, 3.63) is 0 Å². The summed E-state index contributed by atoms with van der Waals surface area (Å²) in [5.41, 5.74) is 0. The molecule has 0 aromatic rings. The predicted octanol–water partition coefficient (Wildman–Crippen LogP) is 1.23. The molecule has 1 aliphatic carbocycles. The first-order valence-electron chi connectivity index (χ1n) is 7.95. The standard InChI is InChI=1S/C15H26N2O2/c18-14-7-3-5-12(14)13-6-4-10-17(13)11-15(19)16-8-1-2-9-16/h12-14,18H,1-11H2. The van der Waals surface area contributed by atoms with Gasteiger partial charge in [0.2, 0.25) is 5.91 Å². The topological polar surface area (TPSA) is 43.8 Å². The number of carbonyl (C=O) groups is 1. The predicted molar refractivity (Wildman–Crippen MR) is 73.8 cm³/mol. The molecule has 2 aliphatic heterocycles. The molecule has 108 valence electrons. The highest BCUT2D eigenvalue weighted by molar-refractivity contribution is 5.78. The molecule has 3 unspecified atom stereocenters. The normalized spacial score (nSPS) is 36.3. The molecule has 4 heteroatoms. The van der Waals surface area contributed by atoms with Gasteiger partial charge in [0, 0.05) is 25.0 Å². The number of hydrogen-bond acceptors (Lipinski definition) is 3. The third-order valence-electron chi connectivity index (χ3n) is 5.24. The fourth-order valence-corrected chi connectivity index (χ4v) is 4.19. The Balaban J connectivity index is 1.58. The van der Waals surface area contributed by atoms with E-state index in [1.807, 2.05) is 4.90 Å². The smallest absolute Gasteiger partial charge is 0.236 e. The largest absolute Gasteiger partial charge is 0.393 e. The van der Waals surface area contributed by atoms with E-state index in [0.717, 1.165) is 58.2 Å². The van der Waals surface area contributed by atoms with Gasteiger partial charge in [-0.05, 0) is 45.1 Å². The Morgan fingerprint density at radius 1 is 1.00 bits per heavy atom. The van der Waals surface area contributed by atoms with Crippen LogP contribution < -0.4 is 0 Å². The van der Waals surface area contributed by atoms with Crippen LogP contribution in [0.3, 0.4) is 0 Å². The van der Waals surface area contributed by atoms with Crippen molar-refractivity contribution in [2.75, 3.05) is 26.2 Å². The van der Waals surface area contributed by atoms with Gasteiger partial charge in [0.25, 0.3) is 0 Å². The minimum atomic E-state index is -0.132. The van der Waals surface area contributed by atoms with Crippen molar-refractivity contribution >= 4 is 5.91 Å². The molecule has 0 bridgehead atoms. The second-order valence-corrected chi connectivity index (χ2v) is 6.43. The molecule has 3 aliphatic rings. The van der Waals surface area contributed by atoms with Crippen LogP contribution in [0.2, 0.25) is 0 Å². The van der Waals surface area contributed by atoms with Gasteiger partial charge < -0.3 is 10.0 Å².